The zero-order chi connectivity index (χ0) is 14.7. The van der Waals surface area contributed by atoms with Crippen molar-refractivity contribution in [3.05, 3.63) is 71.3 Å². The van der Waals surface area contributed by atoms with Crippen molar-refractivity contribution in [1.29, 1.82) is 0 Å². The average Bonchev–Trinajstić information content (AvgIpc) is 2.49. The molecule has 2 nitrogen and oxygen atoms in total. The molecule has 3 rings (SSSR count). The number of para-hydroxylation sites is 1. The number of pyridine rings is 1. The van der Waals surface area contributed by atoms with Crippen molar-refractivity contribution in [2.75, 3.05) is 5.73 Å². The summed E-state index contributed by atoms with van der Waals surface area (Å²) in [4.78, 5) is 4.48. The van der Waals surface area contributed by atoms with E-state index >= 15 is 0 Å². The average molecular weight is 294 g/mol. The van der Waals surface area contributed by atoms with Gasteiger partial charge in [-0.25, -0.2) is 4.98 Å². The number of anilines is 1. The molecule has 0 aliphatic heterocycles. The SMILES string of the molecule is Cc1ccccc1CSCc1cc2ccccc2nc1N. The molecule has 0 unspecified atom stereocenters. The summed E-state index contributed by atoms with van der Waals surface area (Å²) in [5, 5.41) is 1.15. The molecule has 1 aromatic heterocycles. The van der Waals surface area contributed by atoms with Gasteiger partial charge in [-0.3, -0.25) is 0 Å². The maximum absolute atomic E-state index is 6.07. The second kappa shape index (κ2) is 6.19. The Morgan fingerprint density at radius 1 is 0.952 bits per heavy atom. The lowest BCUT2D eigenvalue weighted by atomic mass is 10.1. The molecule has 0 aliphatic carbocycles. The van der Waals surface area contributed by atoms with Crippen molar-refractivity contribution in [2.24, 2.45) is 0 Å². The molecule has 0 fully saturated rings. The first-order chi connectivity index (χ1) is 10.2. The summed E-state index contributed by atoms with van der Waals surface area (Å²) in [6, 6.07) is 18.8. The Kier molecular flexibility index (Phi) is 4.11. The van der Waals surface area contributed by atoms with E-state index in [1.165, 1.54) is 11.1 Å². The van der Waals surface area contributed by atoms with Crippen molar-refractivity contribution >= 4 is 28.5 Å². The highest BCUT2D eigenvalue weighted by Crippen LogP contribution is 2.25. The predicted molar refractivity (Wildman–Crippen MR) is 92.3 cm³/mol. The number of hydrogen-bond acceptors (Lipinski definition) is 3. The molecule has 106 valence electrons. The van der Waals surface area contributed by atoms with Gasteiger partial charge in [0, 0.05) is 22.5 Å². The molecule has 0 bridgehead atoms. The van der Waals surface area contributed by atoms with E-state index in [0.29, 0.717) is 5.82 Å². The Morgan fingerprint density at radius 2 is 1.67 bits per heavy atom. The highest BCUT2D eigenvalue weighted by Gasteiger charge is 2.05. The quantitative estimate of drug-likeness (QED) is 0.766. The van der Waals surface area contributed by atoms with Crippen molar-refractivity contribution in [1.82, 2.24) is 4.98 Å². The normalized spacial score (nSPS) is 10.9. The third-order valence-corrected chi connectivity index (χ3v) is 4.64. The Morgan fingerprint density at radius 3 is 2.52 bits per heavy atom. The summed E-state index contributed by atoms with van der Waals surface area (Å²) in [7, 11) is 0. The van der Waals surface area contributed by atoms with Crippen LogP contribution < -0.4 is 5.73 Å². The van der Waals surface area contributed by atoms with E-state index in [4.69, 9.17) is 5.73 Å². The summed E-state index contributed by atoms with van der Waals surface area (Å²) >= 11 is 1.88. The van der Waals surface area contributed by atoms with Crippen LogP contribution in [0.1, 0.15) is 16.7 Å². The molecular formula is C18H18N2S. The monoisotopic (exact) mass is 294 g/mol. The van der Waals surface area contributed by atoms with Gasteiger partial charge in [0.1, 0.15) is 5.82 Å². The van der Waals surface area contributed by atoms with E-state index in [-0.39, 0.29) is 0 Å². The minimum Gasteiger partial charge on any atom is -0.383 e. The van der Waals surface area contributed by atoms with E-state index in [0.717, 1.165) is 28.0 Å². The molecule has 0 atom stereocenters. The lowest BCUT2D eigenvalue weighted by molar-refractivity contribution is 1.28. The fraction of sp³-hybridized carbons (Fsp3) is 0.167. The third kappa shape index (κ3) is 3.19. The molecule has 0 spiro atoms. The minimum atomic E-state index is 0.644. The van der Waals surface area contributed by atoms with E-state index in [1.807, 2.05) is 30.0 Å². The third-order valence-electron chi connectivity index (χ3n) is 3.61. The summed E-state index contributed by atoms with van der Waals surface area (Å²) in [6.45, 7) is 2.15. The predicted octanol–water partition coefficient (Wildman–Crippen LogP) is 4.56. The molecule has 2 aromatic carbocycles. The molecular weight excluding hydrogens is 276 g/mol. The summed E-state index contributed by atoms with van der Waals surface area (Å²) < 4.78 is 0. The van der Waals surface area contributed by atoms with Crippen LogP contribution in [0.3, 0.4) is 0 Å². The first-order valence-corrected chi connectivity index (χ1v) is 8.16. The van der Waals surface area contributed by atoms with Crippen LogP contribution in [0, 0.1) is 6.92 Å². The van der Waals surface area contributed by atoms with Crippen LogP contribution in [0.5, 0.6) is 0 Å². The topological polar surface area (TPSA) is 38.9 Å². The van der Waals surface area contributed by atoms with Crippen LogP contribution in [0.2, 0.25) is 0 Å². The van der Waals surface area contributed by atoms with Crippen LogP contribution in [-0.4, -0.2) is 4.98 Å². The molecule has 0 radical (unpaired) electrons. The maximum Gasteiger partial charge on any atom is 0.128 e. The Bertz CT molecular complexity index is 768. The Labute approximate surface area is 129 Å². The van der Waals surface area contributed by atoms with Crippen LogP contribution >= 0.6 is 11.8 Å². The van der Waals surface area contributed by atoms with Crippen molar-refractivity contribution in [2.45, 2.75) is 18.4 Å². The van der Waals surface area contributed by atoms with Gasteiger partial charge in [-0.1, -0.05) is 42.5 Å². The number of thioether (sulfide) groups is 1. The van der Waals surface area contributed by atoms with Gasteiger partial charge in [-0.05, 0) is 30.2 Å². The van der Waals surface area contributed by atoms with E-state index in [2.05, 4.69) is 48.3 Å². The summed E-state index contributed by atoms with van der Waals surface area (Å²) in [5.41, 5.74) is 10.9. The largest absolute Gasteiger partial charge is 0.383 e. The Balaban J connectivity index is 1.73. The lowest BCUT2D eigenvalue weighted by Gasteiger charge is -2.08. The van der Waals surface area contributed by atoms with Crippen LogP contribution in [0.25, 0.3) is 10.9 Å². The van der Waals surface area contributed by atoms with E-state index in [1.54, 1.807) is 0 Å². The zero-order valence-electron chi connectivity index (χ0n) is 12.0. The number of nitrogens with two attached hydrogens (primary N) is 1. The van der Waals surface area contributed by atoms with Gasteiger partial charge in [0.05, 0.1) is 5.52 Å². The number of nitrogen functional groups attached to an aromatic ring is 1. The van der Waals surface area contributed by atoms with Gasteiger partial charge >= 0.3 is 0 Å². The minimum absolute atomic E-state index is 0.644. The molecule has 3 heteroatoms. The van der Waals surface area contributed by atoms with Crippen LogP contribution in [0.4, 0.5) is 5.82 Å². The molecule has 0 amide bonds. The highest BCUT2D eigenvalue weighted by molar-refractivity contribution is 7.97. The Hall–Kier alpha value is -2.00. The van der Waals surface area contributed by atoms with Crippen molar-refractivity contribution in [3.63, 3.8) is 0 Å². The number of aryl methyl sites for hydroxylation is 1. The number of rotatable bonds is 4. The summed E-state index contributed by atoms with van der Waals surface area (Å²) in [5.74, 6) is 2.53. The van der Waals surface area contributed by atoms with Gasteiger partial charge in [0.15, 0.2) is 0 Å². The van der Waals surface area contributed by atoms with Crippen molar-refractivity contribution in [3.8, 4) is 0 Å². The molecule has 0 saturated heterocycles. The van der Waals surface area contributed by atoms with Gasteiger partial charge in [0.2, 0.25) is 0 Å². The van der Waals surface area contributed by atoms with Crippen LogP contribution in [0.15, 0.2) is 54.6 Å². The van der Waals surface area contributed by atoms with Gasteiger partial charge in [-0.15, -0.1) is 0 Å². The number of nitrogens with zero attached hydrogens (tertiary/aromatic N) is 1. The second-order valence-corrected chi connectivity index (χ2v) is 6.13. The fourth-order valence-corrected chi connectivity index (χ4v) is 3.43. The fourth-order valence-electron chi connectivity index (χ4n) is 2.33. The molecule has 2 N–H and O–H groups in total. The van der Waals surface area contributed by atoms with E-state index < -0.39 is 0 Å². The standard InChI is InChI=1S/C18H18N2S/c1-13-6-2-3-8-15(13)11-21-12-16-10-14-7-4-5-9-17(14)20-18(16)19/h2-10H,11-12H2,1H3,(H2,19,20). The first kappa shape index (κ1) is 14.0. The highest BCUT2D eigenvalue weighted by atomic mass is 32.2. The van der Waals surface area contributed by atoms with Gasteiger partial charge in [-0.2, -0.15) is 11.8 Å². The first-order valence-electron chi connectivity index (χ1n) is 7.00. The zero-order valence-corrected chi connectivity index (χ0v) is 12.9. The number of fused-ring (bicyclic) bond motifs is 1. The van der Waals surface area contributed by atoms with Crippen molar-refractivity contribution < 1.29 is 0 Å². The van der Waals surface area contributed by atoms with Gasteiger partial charge in [0.25, 0.3) is 0 Å². The number of hydrogen-bond donors (Lipinski definition) is 1. The summed E-state index contributed by atoms with van der Waals surface area (Å²) in [6.07, 6.45) is 0. The lowest BCUT2D eigenvalue weighted by Crippen LogP contribution is -1.97. The smallest absolute Gasteiger partial charge is 0.128 e. The molecule has 0 aliphatic rings. The molecule has 1 heterocycles. The molecule has 0 saturated carbocycles. The van der Waals surface area contributed by atoms with E-state index in [9.17, 15) is 0 Å². The number of benzene rings is 2. The van der Waals surface area contributed by atoms with Crippen LogP contribution in [-0.2, 0) is 11.5 Å². The number of aromatic nitrogens is 1. The molecule has 3 aromatic rings. The van der Waals surface area contributed by atoms with Gasteiger partial charge < -0.3 is 5.73 Å². The molecule has 21 heavy (non-hydrogen) atoms. The second-order valence-electron chi connectivity index (χ2n) is 5.14. The maximum atomic E-state index is 6.07.